The SMILES string of the molecule is Cn1c(O)c2c(c1O)C1CCCCN1C2/C=C/c1ccc(-c2cccc(C(F)(F)F)c2)cn1. The zero-order chi connectivity index (χ0) is 23.3. The minimum absolute atomic E-state index is 0.0689. The van der Waals surface area contributed by atoms with Gasteiger partial charge >= 0.3 is 6.18 Å². The van der Waals surface area contributed by atoms with E-state index in [9.17, 15) is 23.4 Å². The predicted octanol–water partition coefficient (Wildman–Crippen LogP) is 5.81. The molecule has 1 aromatic carbocycles. The third kappa shape index (κ3) is 3.68. The first-order chi connectivity index (χ1) is 15.8. The van der Waals surface area contributed by atoms with Crippen molar-refractivity contribution in [2.24, 2.45) is 7.05 Å². The van der Waals surface area contributed by atoms with Gasteiger partial charge in [-0.15, -0.1) is 0 Å². The van der Waals surface area contributed by atoms with Crippen molar-refractivity contribution >= 4 is 6.08 Å². The number of hydrogen-bond donors (Lipinski definition) is 2. The molecule has 0 radical (unpaired) electrons. The molecule has 3 aromatic rings. The summed E-state index contributed by atoms with van der Waals surface area (Å²) in [6.07, 6.45) is 4.05. The van der Waals surface area contributed by atoms with E-state index in [-0.39, 0.29) is 23.8 Å². The van der Waals surface area contributed by atoms with E-state index in [2.05, 4.69) is 9.88 Å². The molecule has 33 heavy (non-hydrogen) atoms. The highest BCUT2D eigenvalue weighted by molar-refractivity contribution is 5.65. The lowest BCUT2D eigenvalue weighted by Gasteiger charge is -2.33. The Balaban J connectivity index is 1.42. The average Bonchev–Trinajstić information content (AvgIpc) is 3.26. The molecule has 2 aromatic heterocycles. The van der Waals surface area contributed by atoms with Gasteiger partial charge in [-0.1, -0.05) is 30.7 Å². The fourth-order valence-corrected chi connectivity index (χ4v) is 5.03. The maximum absolute atomic E-state index is 13.0. The van der Waals surface area contributed by atoms with Gasteiger partial charge in [0, 0.05) is 36.0 Å². The molecule has 0 spiro atoms. The molecule has 2 N–H and O–H groups in total. The molecule has 0 saturated carbocycles. The number of benzene rings is 1. The number of alkyl halides is 3. The molecule has 1 fully saturated rings. The molecule has 2 aliphatic heterocycles. The number of nitrogens with zero attached hydrogens (tertiary/aromatic N) is 3. The second kappa shape index (κ2) is 7.95. The van der Waals surface area contributed by atoms with Gasteiger partial charge in [-0.3, -0.25) is 14.5 Å². The number of fused-ring (bicyclic) bond motifs is 3. The van der Waals surface area contributed by atoms with E-state index in [1.807, 2.05) is 12.2 Å². The molecule has 0 bridgehead atoms. The number of halogens is 3. The molecule has 2 unspecified atom stereocenters. The molecular formula is C25H24F3N3O2. The molecule has 2 aliphatic rings. The first-order valence-electron chi connectivity index (χ1n) is 10.9. The smallest absolute Gasteiger partial charge is 0.416 e. The van der Waals surface area contributed by atoms with E-state index >= 15 is 0 Å². The average molecular weight is 455 g/mol. The van der Waals surface area contributed by atoms with E-state index in [1.54, 1.807) is 31.4 Å². The molecule has 8 heteroatoms. The number of rotatable bonds is 3. The van der Waals surface area contributed by atoms with E-state index in [1.165, 1.54) is 10.6 Å². The van der Waals surface area contributed by atoms with Gasteiger partial charge in [0.1, 0.15) is 0 Å². The van der Waals surface area contributed by atoms with Crippen molar-refractivity contribution in [2.45, 2.75) is 37.5 Å². The van der Waals surface area contributed by atoms with Crippen molar-refractivity contribution < 1.29 is 23.4 Å². The summed E-state index contributed by atoms with van der Waals surface area (Å²) in [5.74, 6) is 0.179. The summed E-state index contributed by atoms with van der Waals surface area (Å²) in [4.78, 5) is 6.70. The molecule has 5 nitrogen and oxygen atoms in total. The maximum Gasteiger partial charge on any atom is 0.416 e. The Bertz CT molecular complexity index is 1210. The number of hydrogen-bond acceptors (Lipinski definition) is 4. The number of piperidine rings is 1. The van der Waals surface area contributed by atoms with Crippen molar-refractivity contribution in [3.05, 3.63) is 71.1 Å². The molecule has 0 amide bonds. The van der Waals surface area contributed by atoms with Crippen LogP contribution in [-0.2, 0) is 13.2 Å². The Morgan fingerprint density at radius 1 is 1.03 bits per heavy atom. The summed E-state index contributed by atoms with van der Waals surface area (Å²) in [7, 11) is 1.64. The van der Waals surface area contributed by atoms with Crippen LogP contribution < -0.4 is 0 Å². The quantitative estimate of drug-likeness (QED) is 0.523. The first kappa shape index (κ1) is 21.6. The Morgan fingerprint density at radius 2 is 1.82 bits per heavy atom. The van der Waals surface area contributed by atoms with E-state index in [0.717, 1.165) is 49.1 Å². The lowest BCUT2D eigenvalue weighted by molar-refractivity contribution is -0.137. The van der Waals surface area contributed by atoms with Gasteiger partial charge in [-0.05, 0) is 49.2 Å². The third-order valence-electron chi connectivity index (χ3n) is 6.70. The van der Waals surface area contributed by atoms with Crippen molar-refractivity contribution in [1.82, 2.24) is 14.5 Å². The number of aromatic hydroxyl groups is 2. The van der Waals surface area contributed by atoms with E-state index < -0.39 is 11.7 Å². The molecular weight excluding hydrogens is 431 g/mol. The van der Waals surface area contributed by atoms with Gasteiger partial charge in [0.15, 0.2) is 11.8 Å². The topological polar surface area (TPSA) is 61.5 Å². The van der Waals surface area contributed by atoms with Crippen LogP contribution in [0.2, 0.25) is 0 Å². The van der Waals surface area contributed by atoms with Gasteiger partial charge < -0.3 is 10.2 Å². The Labute approximate surface area is 189 Å². The molecule has 2 atom stereocenters. The Kier molecular flexibility index (Phi) is 5.20. The van der Waals surface area contributed by atoms with Gasteiger partial charge in [0.05, 0.1) is 17.3 Å². The largest absolute Gasteiger partial charge is 0.494 e. The van der Waals surface area contributed by atoms with Crippen LogP contribution >= 0.6 is 0 Å². The van der Waals surface area contributed by atoms with Crippen molar-refractivity contribution in [3.8, 4) is 22.9 Å². The van der Waals surface area contributed by atoms with Crippen LogP contribution in [0.5, 0.6) is 11.8 Å². The van der Waals surface area contributed by atoms with Crippen molar-refractivity contribution in [3.63, 3.8) is 0 Å². The molecule has 172 valence electrons. The highest BCUT2D eigenvalue weighted by atomic mass is 19.4. The molecule has 5 rings (SSSR count). The van der Waals surface area contributed by atoms with E-state index in [0.29, 0.717) is 16.8 Å². The zero-order valence-corrected chi connectivity index (χ0v) is 18.0. The summed E-state index contributed by atoms with van der Waals surface area (Å²) in [5, 5.41) is 21.2. The van der Waals surface area contributed by atoms with Crippen LogP contribution in [0.3, 0.4) is 0 Å². The van der Waals surface area contributed by atoms with Gasteiger partial charge in [0.2, 0.25) is 0 Å². The van der Waals surface area contributed by atoms with Crippen LogP contribution in [0.15, 0.2) is 48.7 Å². The fraction of sp³-hybridized carbons (Fsp3) is 0.320. The Morgan fingerprint density at radius 3 is 2.55 bits per heavy atom. The predicted molar refractivity (Wildman–Crippen MR) is 118 cm³/mol. The summed E-state index contributed by atoms with van der Waals surface area (Å²) in [6, 6.07) is 8.59. The highest BCUT2D eigenvalue weighted by Gasteiger charge is 2.44. The second-order valence-electron chi connectivity index (χ2n) is 8.64. The van der Waals surface area contributed by atoms with Gasteiger partial charge in [-0.2, -0.15) is 13.2 Å². The zero-order valence-electron chi connectivity index (χ0n) is 18.0. The number of pyridine rings is 1. The third-order valence-corrected chi connectivity index (χ3v) is 6.70. The van der Waals surface area contributed by atoms with Crippen LogP contribution in [0.4, 0.5) is 13.2 Å². The molecule has 1 saturated heterocycles. The Hall–Kier alpha value is -3.26. The van der Waals surface area contributed by atoms with Gasteiger partial charge in [-0.25, -0.2) is 0 Å². The summed E-state index contributed by atoms with van der Waals surface area (Å²) in [6.45, 7) is 0.874. The minimum atomic E-state index is -4.39. The summed E-state index contributed by atoms with van der Waals surface area (Å²) in [5.41, 5.74) is 2.56. The summed E-state index contributed by atoms with van der Waals surface area (Å²) < 4.78 is 40.4. The molecule has 4 heterocycles. The minimum Gasteiger partial charge on any atom is -0.494 e. The van der Waals surface area contributed by atoms with Crippen LogP contribution in [0, 0.1) is 0 Å². The standard InChI is InChI=1S/C25H24F3N3O2/c1-30-23(32)21-19-7-2-3-12-31(19)20(22(21)24(30)33)11-10-18-9-8-16(14-29-18)15-5-4-6-17(13-15)25(26,27)28/h4-6,8-11,13-14,19-20,32-33H,2-3,7,12H2,1H3/b11-10+. The van der Waals surface area contributed by atoms with Crippen LogP contribution in [0.1, 0.15) is 53.7 Å². The lowest BCUT2D eigenvalue weighted by Crippen LogP contribution is -2.30. The van der Waals surface area contributed by atoms with Gasteiger partial charge in [0.25, 0.3) is 0 Å². The van der Waals surface area contributed by atoms with Crippen LogP contribution in [-0.4, -0.2) is 31.2 Å². The lowest BCUT2D eigenvalue weighted by atomic mass is 9.99. The van der Waals surface area contributed by atoms with Crippen molar-refractivity contribution in [1.29, 1.82) is 0 Å². The highest BCUT2D eigenvalue weighted by Crippen LogP contribution is 2.54. The monoisotopic (exact) mass is 455 g/mol. The fourth-order valence-electron chi connectivity index (χ4n) is 5.03. The maximum atomic E-state index is 13.0. The first-order valence-corrected chi connectivity index (χ1v) is 10.9. The number of aromatic nitrogens is 2. The van der Waals surface area contributed by atoms with Crippen molar-refractivity contribution in [2.75, 3.05) is 6.54 Å². The summed E-state index contributed by atoms with van der Waals surface area (Å²) >= 11 is 0. The normalized spacial score (nSPS) is 20.8. The van der Waals surface area contributed by atoms with E-state index in [4.69, 9.17) is 0 Å². The molecule has 0 aliphatic carbocycles. The second-order valence-corrected chi connectivity index (χ2v) is 8.64. The van der Waals surface area contributed by atoms with Crippen LogP contribution in [0.25, 0.3) is 17.2 Å².